The van der Waals surface area contributed by atoms with Gasteiger partial charge in [0.05, 0.1) is 0 Å². The maximum absolute atomic E-state index is 11.4. The zero-order chi connectivity index (χ0) is 6.57. The Morgan fingerprint density at radius 2 is 2.00 bits per heavy atom. The van der Waals surface area contributed by atoms with Crippen molar-refractivity contribution in [3.05, 3.63) is 6.92 Å². The average Bonchev–Trinajstić information content (AvgIpc) is 1.65. The molecule has 0 aliphatic carbocycles. The molecule has 0 nitrogen and oxygen atoms in total. The van der Waals surface area contributed by atoms with Gasteiger partial charge in [-0.15, -0.1) is 0 Å². The molecule has 1 atom stereocenters. The second-order valence-electron chi connectivity index (χ2n) is 1.51. The van der Waals surface area contributed by atoms with Crippen LogP contribution < -0.4 is 0 Å². The van der Waals surface area contributed by atoms with Crippen LogP contribution in [0.2, 0.25) is 0 Å². The first-order valence-corrected chi connectivity index (χ1v) is 3.63. The standard InChI is InChI=1S/C5H8F2I/c1-2-4(8)3-5(6)7/h4-5H,1-3H2. The highest BCUT2D eigenvalue weighted by Gasteiger charge is 2.08. The van der Waals surface area contributed by atoms with Gasteiger partial charge < -0.3 is 0 Å². The molecule has 0 heterocycles. The molecule has 0 rings (SSSR count). The van der Waals surface area contributed by atoms with Crippen LogP contribution in [0.4, 0.5) is 8.78 Å². The van der Waals surface area contributed by atoms with Crippen LogP contribution in [0, 0.1) is 6.92 Å². The lowest BCUT2D eigenvalue weighted by Gasteiger charge is -2.02. The van der Waals surface area contributed by atoms with Crippen molar-refractivity contribution in [1.82, 2.24) is 0 Å². The van der Waals surface area contributed by atoms with Crippen molar-refractivity contribution >= 4 is 22.6 Å². The van der Waals surface area contributed by atoms with E-state index in [2.05, 4.69) is 6.92 Å². The van der Waals surface area contributed by atoms with Gasteiger partial charge >= 0.3 is 0 Å². The van der Waals surface area contributed by atoms with E-state index in [1.165, 1.54) is 0 Å². The first-order valence-electron chi connectivity index (χ1n) is 2.38. The van der Waals surface area contributed by atoms with Crippen LogP contribution in [0.25, 0.3) is 0 Å². The molecular weight excluding hydrogens is 225 g/mol. The Morgan fingerprint density at radius 1 is 1.50 bits per heavy atom. The van der Waals surface area contributed by atoms with Gasteiger partial charge in [-0.3, -0.25) is 0 Å². The van der Waals surface area contributed by atoms with Gasteiger partial charge in [0.25, 0.3) is 0 Å². The minimum atomic E-state index is -2.17. The smallest absolute Gasteiger partial charge is 0.210 e. The van der Waals surface area contributed by atoms with Crippen LogP contribution >= 0.6 is 22.6 Å². The fourth-order valence-electron chi connectivity index (χ4n) is 0.311. The molecule has 0 aromatic rings. The van der Waals surface area contributed by atoms with Gasteiger partial charge in [-0.2, -0.15) is 0 Å². The van der Waals surface area contributed by atoms with Gasteiger partial charge in [-0.1, -0.05) is 29.5 Å². The van der Waals surface area contributed by atoms with Crippen molar-refractivity contribution in [3.63, 3.8) is 0 Å². The zero-order valence-corrected chi connectivity index (χ0v) is 6.57. The van der Waals surface area contributed by atoms with Gasteiger partial charge in [0, 0.05) is 10.3 Å². The third-order valence-electron chi connectivity index (χ3n) is 0.747. The normalized spacial score (nSPS) is 14.6. The van der Waals surface area contributed by atoms with E-state index in [1.807, 2.05) is 22.6 Å². The maximum atomic E-state index is 11.4. The molecule has 0 saturated carbocycles. The summed E-state index contributed by atoms with van der Waals surface area (Å²) in [5.74, 6) is 0. The summed E-state index contributed by atoms with van der Waals surface area (Å²) in [7, 11) is 0. The fourth-order valence-corrected chi connectivity index (χ4v) is 0.696. The SMILES string of the molecule is [CH2]CC(I)CC(F)F. The monoisotopic (exact) mass is 233 g/mol. The number of hydrogen-bond donors (Lipinski definition) is 0. The lowest BCUT2D eigenvalue weighted by Crippen LogP contribution is -2.01. The van der Waals surface area contributed by atoms with Crippen molar-refractivity contribution < 1.29 is 8.78 Å². The number of alkyl halides is 3. The summed E-state index contributed by atoms with van der Waals surface area (Å²) in [6.45, 7) is 3.50. The summed E-state index contributed by atoms with van der Waals surface area (Å²) >= 11 is 1.98. The average molecular weight is 233 g/mol. The van der Waals surface area contributed by atoms with Gasteiger partial charge in [0.15, 0.2) is 0 Å². The highest BCUT2D eigenvalue weighted by molar-refractivity contribution is 14.1. The summed E-state index contributed by atoms with van der Waals surface area (Å²) in [6, 6.07) is 0. The highest BCUT2D eigenvalue weighted by atomic mass is 127. The molecule has 0 aliphatic rings. The Morgan fingerprint density at radius 3 is 2.12 bits per heavy atom. The summed E-state index contributed by atoms with van der Waals surface area (Å²) in [5, 5.41) is 0. The zero-order valence-electron chi connectivity index (χ0n) is 4.41. The Balaban J connectivity index is 3.10. The lowest BCUT2D eigenvalue weighted by molar-refractivity contribution is 0.138. The molecule has 0 fully saturated rings. The highest BCUT2D eigenvalue weighted by Crippen LogP contribution is 2.14. The number of hydrogen-bond acceptors (Lipinski definition) is 0. The topological polar surface area (TPSA) is 0 Å². The minimum Gasteiger partial charge on any atom is -0.210 e. The van der Waals surface area contributed by atoms with Gasteiger partial charge in [0.1, 0.15) is 0 Å². The predicted octanol–water partition coefficient (Wildman–Crippen LogP) is 2.67. The van der Waals surface area contributed by atoms with Crippen LogP contribution in [0.1, 0.15) is 12.8 Å². The largest absolute Gasteiger partial charge is 0.239 e. The van der Waals surface area contributed by atoms with Crippen LogP contribution in [0.15, 0.2) is 0 Å². The second kappa shape index (κ2) is 4.47. The molecule has 1 unspecified atom stereocenters. The van der Waals surface area contributed by atoms with Gasteiger partial charge in [0.2, 0.25) is 6.43 Å². The summed E-state index contributed by atoms with van der Waals surface area (Å²) < 4.78 is 22.9. The van der Waals surface area contributed by atoms with Crippen molar-refractivity contribution in [2.24, 2.45) is 0 Å². The summed E-state index contributed by atoms with van der Waals surface area (Å²) in [5.41, 5.74) is 0. The van der Waals surface area contributed by atoms with E-state index in [0.29, 0.717) is 6.42 Å². The maximum Gasteiger partial charge on any atom is 0.239 e. The van der Waals surface area contributed by atoms with E-state index in [-0.39, 0.29) is 10.3 Å². The third-order valence-corrected chi connectivity index (χ3v) is 1.88. The van der Waals surface area contributed by atoms with Crippen molar-refractivity contribution in [1.29, 1.82) is 0 Å². The van der Waals surface area contributed by atoms with Crippen LogP contribution in [-0.2, 0) is 0 Å². The summed E-state index contributed by atoms with van der Waals surface area (Å²) in [6.07, 6.45) is -1.60. The molecule has 0 spiro atoms. The quantitative estimate of drug-likeness (QED) is 0.519. The Kier molecular flexibility index (Phi) is 4.80. The first kappa shape index (κ1) is 8.59. The number of halogens is 3. The molecule has 0 bridgehead atoms. The molecule has 0 saturated heterocycles. The van der Waals surface area contributed by atoms with Crippen LogP contribution in [-0.4, -0.2) is 10.4 Å². The molecule has 0 aromatic carbocycles. The molecule has 0 aromatic heterocycles. The molecule has 8 heavy (non-hydrogen) atoms. The van der Waals surface area contributed by atoms with E-state index < -0.39 is 6.43 Å². The van der Waals surface area contributed by atoms with Crippen molar-refractivity contribution in [2.75, 3.05) is 0 Å². The molecule has 1 radical (unpaired) electrons. The molecule has 3 heteroatoms. The van der Waals surface area contributed by atoms with Crippen LogP contribution in [0.3, 0.4) is 0 Å². The van der Waals surface area contributed by atoms with E-state index in [1.54, 1.807) is 0 Å². The summed E-state index contributed by atoms with van der Waals surface area (Å²) in [4.78, 5) is 0. The Labute approximate surface area is 61.8 Å². The van der Waals surface area contributed by atoms with E-state index in [0.717, 1.165) is 0 Å². The van der Waals surface area contributed by atoms with E-state index >= 15 is 0 Å². The molecule has 0 aliphatic heterocycles. The molecule has 49 valence electrons. The van der Waals surface area contributed by atoms with Gasteiger partial charge in [-0.05, 0) is 6.42 Å². The van der Waals surface area contributed by atoms with E-state index in [9.17, 15) is 8.78 Å². The van der Waals surface area contributed by atoms with Gasteiger partial charge in [-0.25, -0.2) is 8.78 Å². The first-order chi connectivity index (χ1) is 3.66. The number of rotatable bonds is 3. The Bertz CT molecular complexity index is 56.4. The molecular formula is C5H8F2I. The Hall–Kier alpha value is 0.590. The fraction of sp³-hybridized carbons (Fsp3) is 0.800. The molecule has 0 N–H and O–H groups in total. The second-order valence-corrected chi connectivity index (χ2v) is 3.27. The lowest BCUT2D eigenvalue weighted by atomic mass is 10.3. The minimum absolute atomic E-state index is 0.0237. The van der Waals surface area contributed by atoms with E-state index in [4.69, 9.17) is 0 Å². The van der Waals surface area contributed by atoms with Crippen molar-refractivity contribution in [3.8, 4) is 0 Å². The third kappa shape index (κ3) is 4.74. The predicted molar refractivity (Wildman–Crippen MR) is 38.4 cm³/mol. The van der Waals surface area contributed by atoms with Crippen LogP contribution in [0.5, 0.6) is 0 Å². The van der Waals surface area contributed by atoms with Crippen molar-refractivity contribution in [2.45, 2.75) is 23.2 Å². The molecule has 0 amide bonds.